The molecule has 3 nitrogen and oxygen atoms in total. The monoisotopic (exact) mass is 158 g/mol. The van der Waals surface area contributed by atoms with Crippen molar-refractivity contribution in [1.29, 1.82) is 0 Å². The van der Waals surface area contributed by atoms with Crippen LogP contribution in [-0.2, 0) is 4.79 Å². The lowest BCUT2D eigenvalue weighted by Gasteiger charge is -2.22. The van der Waals surface area contributed by atoms with Crippen molar-refractivity contribution in [1.82, 2.24) is 10.2 Å². The first-order valence-electron chi connectivity index (χ1n) is 3.89. The van der Waals surface area contributed by atoms with Crippen LogP contribution in [0.25, 0.3) is 0 Å². The van der Waals surface area contributed by atoms with E-state index in [1.54, 1.807) is 19.0 Å². The number of nitrogens with one attached hydrogen (secondary N) is 1. The van der Waals surface area contributed by atoms with Crippen LogP contribution >= 0.6 is 0 Å². The Labute approximate surface area is 68.8 Å². The fourth-order valence-corrected chi connectivity index (χ4v) is 1.02. The number of carbonyl (C=O) groups is 1. The third-order valence-corrected chi connectivity index (χ3v) is 1.68. The van der Waals surface area contributed by atoms with Gasteiger partial charge in [-0.2, -0.15) is 0 Å². The number of rotatable bonds is 3. The van der Waals surface area contributed by atoms with Crippen LogP contribution in [0.4, 0.5) is 0 Å². The van der Waals surface area contributed by atoms with Crippen LogP contribution in [0.2, 0.25) is 0 Å². The summed E-state index contributed by atoms with van der Waals surface area (Å²) in [6.07, 6.45) is 0. The molecule has 0 bridgehead atoms. The van der Waals surface area contributed by atoms with Gasteiger partial charge < -0.3 is 10.2 Å². The highest BCUT2D eigenvalue weighted by Gasteiger charge is 2.20. The summed E-state index contributed by atoms with van der Waals surface area (Å²) < 4.78 is 0. The molecule has 0 aromatic rings. The normalized spacial score (nSPS) is 13.3. The quantitative estimate of drug-likeness (QED) is 0.641. The highest BCUT2D eigenvalue weighted by atomic mass is 16.2. The zero-order chi connectivity index (χ0) is 9.02. The van der Waals surface area contributed by atoms with Crippen LogP contribution in [0.3, 0.4) is 0 Å². The Kier molecular flexibility index (Phi) is 4.11. The topological polar surface area (TPSA) is 32.3 Å². The molecule has 0 aliphatic heterocycles. The van der Waals surface area contributed by atoms with E-state index in [0.29, 0.717) is 5.92 Å². The van der Waals surface area contributed by atoms with Gasteiger partial charge in [0.25, 0.3) is 0 Å². The molecule has 66 valence electrons. The molecule has 0 aliphatic rings. The molecule has 1 atom stereocenters. The van der Waals surface area contributed by atoms with Gasteiger partial charge >= 0.3 is 0 Å². The van der Waals surface area contributed by atoms with Gasteiger partial charge in [0.15, 0.2) is 0 Å². The first kappa shape index (κ1) is 10.4. The molecule has 11 heavy (non-hydrogen) atoms. The van der Waals surface area contributed by atoms with Crippen molar-refractivity contribution in [2.45, 2.75) is 19.9 Å². The van der Waals surface area contributed by atoms with Gasteiger partial charge in [-0.25, -0.2) is 0 Å². The smallest absolute Gasteiger partial charge is 0.239 e. The minimum atomic E-state index is -0.0509. The van der Waals surface area contributed by atoms with Crippen molar-refractivity contribution in [3.8, 4) is 0 Å². The van der Waals surface area contributed by atoms with E-state index in [0.717, 1.165) is 0 Å². The molecule has 0 saturated carbocycles. The molecule has 1 amide bonds. The Hall–Kier alpha value is -0.570. The highest BCUT2D eigenvalue weighted by Crippen LogP contribution is 2.02. The van der Waals surface area contributed by atoms with Crippen molar-refractivity contribution < 1.29 is 4.79 Å². The van der Waals surface area contributed by atoms with Crippen LogP contribution in [0.5, 0.6) is 0 Å². The Morgan fingerprint density at radius 2 is 1.82 bits per heavy atom. The van der Waals surface area contributed by atoms with Gasteiger partial charge in [0.1, 0.15) is 0 Å². The van der Waals surface area contributed by atoms with E-state index in [2.05, 4.69) is 5.32 Å². The largest absolute Gasteiger partial charge is 0.347 e. The van der Waals surface area contributed by atoms with E-state index in [1.807, 2.05) is 20.9 Å². The molecule has 3 heteroatoms. The fraction of sp³-hybridized carbons (Fsp3) is 0.875. The molecule has 0 radical (unpaired) electrons. The third-order valence-electron chi connectivity index (χ3n) is 1.68. The van der Waals surface area contributed by atoms with E-state index in [1.165, 1.54) is 0 Å². The Balaban J connectivity index is 4.15. The summed E-state index contributed by atoms with van der Waals surface area (Å²) in [5.41, 5.74) is 0. The molecule has 0 heterocycles. The lowest BCUT2D eigenvalue weighted by atomic mass is 10.0. The second-order valence-electron chi connectivity index (χ2n) is 3.24. The van der Waals surface area contributed by atoms with E-state index >= 15 is 0 Å². The summed E-state index contributed by atoms with van der Waals surface area (Å²) in [4.78, 5) is 13.0. The maximum atomic E-state index is 11.4. The van der Waals surface area contributed by atoms with E-state index in [4.69, 9.17) is 0 Å². The molecule has 0 rings (SSSR count). The Morgan fingerprint density at radius 1 is 1.36 bits per heavy atom. The maximum Gasteiger partial charge on any atom is 0.239 e. The van der Waals surface area contributed by atoms with Gasteiger partial charge in [-0.3, -0.25) is 4.79 Å². The van der Waals surface area contributed by atoms with Crippen LogP contribution < -0.4 is 5.32 Å². The predicted octanol–water partition coefficient (Wildman–Crippen LogP) is 0.319. The molecule has 0 spiro atoms. The lowest BCUT2D eigenvalue weighted by molar-refractivity contribution is -0.131. The zero-order valence-corrected chi connectivity index (χ0v) is 8.01. The number of hydrogen-bond donors (Lipinski definition) is 1. The second kappa shape index (κ2) is 4.34. The zero-order valence-electron chi connectivity index (χ0n) is 8.01. The first-order chi connectivity index (χ1) is 5.00. The third kappa shape index (κ3) is 2.89. The number of nitrogens with zero attached hydrogens (tertiary/aromatic N) is 1. The van der Waals surface area contributed by atoms with Crippen LogP contribution in [0.15, 0.2) is 0 Å². The minimum absolute atomic E-state index is 0.0509. The maximum absolute atomic E-state index is 11.4. The van der Waals surface area contributed by atoms with Crippen LogP contribution in [0.1, 0.15) is 13.8 Å². The molecule has 0 fully saturated rings. The van der Waals surface area contributed by atoms with Crippen LogP contribution in [0, 0.1) is 5.92 Å². The number of likely N-dealkylation sites (N-methyl/N-ethyl adjacent to an activating group) is 2. The van der Waals surface area contributed by atoms with Gasteiger partial charge in [0, 0.05) is 14.1 Å². The van der Waals surface area contributed by atoms with E-state index in [-0.39, 0.29) is 11.9 Å². The Bertz CT molecular complexity index is 132. The molecule has 0 aliphatic carbocycles. The summed E-state index contributed by atoms with van der Waals surface area (Å²) in [5.74, 6) is 0.484. The van der Waals surface area contributed by atoms with Gasteiger partial charge in [-0.05, 0) is 13.0 Å². The van der Waals surface area contributed by atoms with Crippen molar-refractivity contribution >= 4 is 5.91 Å². The van der Waals surface area contributed by atoms with Gasteiger partial charge in [0.2, 0.25) is 5.91 Å². The molecule has 0 aromatic heterocycles. The summed E-state index contributed by atoms with van der Waals surface area (Å²) >= 11 is 0. The predicted molar refractivity (Wildman–Crippen MR) is 46.4 cm³/mol. The molecule has 0 aromatic carbocycles. The van der Waals surface area contributed by atoms with Crippen molar-refractivity contribution in [3.63, 3.8) is 0 Å². The van der Waals surface area contributed by atoms with Crippen molar-refractivity contribution in [2.75, 3.05) is 21.1 Å². The highest BCUT2D eigenvalue weighted by molar-refractivity contribution is 5.81. The lowest BCUT2D eigenvalue weighted by Crippen LogP contribution is -2.45. The molecule has 1 unspecified atom stereocenters. The van der Waals surface area contributed by atoms with E-state index < -0.39 is 0 Å². The second-order valence-corrected chi connectivity index (χ2v) is 3.24. The van der Waals surface area contributed by atoms with Gasteiger partial charge in [0.05, 0.1) is 6.04 Å². The summed E-state index contributed by atoms with van der Waals surface area (Å²) in [6.45, 7) is 4.06. The molecular formula is C8H18N2O. The molecule has 0 saturated heterocycles. The average Bonchev–Trinajstić information content (AvgIpc) is 1.88. The number of carbonyl (C=O) groups excluding carboxylic acids is 1. The molecular weight excluding hydrogens is 140 g/mol. The minimum Gasteiger partial charge on any atom is -0.347 e. The fourth-order valence-electron chi connectivity index (χ4n) is 1.02. The number of hydrogen-bond acceptors (Lipinski definition) is 2. The average molecular weight is 158 g/mol. The number of amides is 1. The standard InChI is InChI=1S/C8H18N2O/c1-6(2)7(9-3)8(11)10(4)5/h6-7,9H,1-5H3. The van der Waals surface area contributed by atoms with Gasteiger partial charge in [-0.15, -0.1) is 0 Å². The molecule has 1 N–H and O–H groups in total. The van der Waals surface area contributed by atoms with E-state index in [9.17, 15) is 4.79 Å². The summed E-state index contributed by atoms with van der Waals surface area (Å²) in [5, 5.41) is 2.99. The van der Waals surface area contributed by atoms with Crippen molar-refractivity contribution in [3.05, 3.63) is 0 Å². The SMILES string of the molecule is CNC(C(=O)N(C)C)C(C)C. The summed E-state index contributed by atoms with van der Waals surface area (Å²) in [6, 6.07) is -0.0509. The van der Waals surface area contributed by atoms with Crippen molar-refractivity contribution in [2.24, 2.45) is 5.92 Å². The summed E-state index contributed by atoms with van der Waals surface area (Å²) in [7, 11) is 5.36. The first-order valence-corrected chi connectivity index (χ1v) is 3.89. The van der Waals surface area contributed by atoms with Gasteiger partial charge in [-0.1, -0.05) is 13.8 Å². The van der Waals surface area contributed by atoms with Crippen LogP contribution in [-0.4, -0.2) is 38.0 Å². The Morgan fingerprint density at radius 3 is 1.91 bits per heavy atom.